The molecule has 0 aliphatic carbocycles. The Bertz CT molecular complexity index is 3150. The fraction of sp³-hybridized carbons (Fsp3) is 0. The molecule has 11 aromatic rings. The summed E-state index contributed by atoms with van der Waals surface area (Å²) in [5.41, 5.74) is 6.34. The molecule has 0 amide bonds. The predicted molar refractivity (Wildman–Crippen MR) is 216 cm³/mol. The van der Waals surface area contributed by atoms with Gasteiger partial charge in [-0.25, -0.2) is 15.0 Å². The van der Waals surface area contributed by atoms with E-state index in [1.165, 1.54) is 40.3 Å². The molecule has 0 saturated heterocycles. The largest absolute Gasteiger partial charge is 0.309 e. The SMILES string of the molecule is c1ccc(-c2nc(-c3cccc4c3sc3ccccc34)nc(-c3cccc4c3c3ccccc3n4-c3ccc4sc5ccccc5c4c3)n2)cc1. The molecular weight excluding hydrogens is 661 g/mol. The van der Waals surface area contributed by atoms with Crippen LogP contribution in [0.2, 0.25) is 0 Å². The van der Waals surface area contributed by atoms with Gasteiger partial charge in [0.05, 0.1) is 11.0 Å². The van der Waals surface area contributed by atoms with Gasteiger partial charge in [0.25, 0.3) is 0 Å². The summed E-state index contributed by atoms with van der Waals surface area (Å²) in [7, 11) is 0. The highest BCUT2D eigenvalue weighted by Gasteiger charge is 2.21. The molecule has 4 aromatic heterocycles. The van der Waals surface area contributed by atoms with Crippen molar-refractivity contribution in [3.05, 3.63) is 158 Å². The van der Waals surface area contributed by atoms with E-state index in [-0.39, 0.29) is 0 Å². The number of nitrogens with zero attached hydrogens (tertiary/aromatic N) is 4. The summed E-state index contributed by atoms with van der Waals surface area (Å²) in [5, 5.41) is 7.33. The van der Waals surface area contributed by atoms with E-state index in [0.29, 0.717) is 17.5 Å². The zero-order valence-corrected chi connectivity index (χ0v) is 28.7. The number of aromatic nitrogens is 4. The minimum atomic E-state index is 0.657. The van der Waals surface area contributed by atoms with Crippen LogP contribution in [0.3, 0.4) is 0 Å². The van der Waals surface area contributed by atoms with Crippen LogP contribution in [-0.4, -0.2) is 19.5 Å². The average molecular weight is 687 g/mol. The Hall–Kier alpha value is -6.21. The quantitative estimate of drug-likeness (QED) is 0.185. The monoisotopic (exact) mass is 686 g/mol. The molecule has 11 rings (SSSR count). The zero-order valence-electron chi connectivity index (χ0n) is 27.1. The van der Waals surface area contributed by atoms with Gasteiger partial charge >= 0.3 is 0 Å². The molecule has 0 radical (unpaired) electrons. The summed E-state index contributed by atoms with van der Waals surface area (Å²) in [6.07, 6.45) is 0. The Morgan fingerprint density at radius 3 is 1.82 bits per heavy atom. The smallest absolute Gasteiger partial charge is 0.165 e. The van der Waals surface area contributed by atoms with E-state index in [9.17, 15) is 0 Å². The lowest BCUT2D eigenvalue weighted by atomic mass is 10.0. The van der Waals surface area contributed by atoms with Crippen LogP contribution >= 0.6 is 22.7 Å². The van der Waals surface area contributed by atoms with Crippen molar-refractivity contribution >= 4 is 84.8 Å². The van der Waals surface area contributed by atoms with E-state index in [1.54, 1.807) is 11.3 Å². The number of rotatable bonds is 4. The van der Waals surface area contributed by atoms with E-state index < -0.39 is 0 Å². The summed E-state index contributed by atoms with van der Waals surface area (Å²) >= 11 is 3.63. The van der Waals surface area contributed by atoms with Gasteiger partial charge in [-0.15, -0.1) is 22.7 Å². The van der Waals surface area contributed by atoms with Crippen LogP contribution in [0.25, 0.3) is 102 Å². The minimum Gasteiger partial charge on any atom is -0.309 e. The Morgan fingerprint density at radius 1 is 0.392 bits per heavy atom. The van der Waals surface area contributed by atoms with Crippen LogP contribution in [0, 0.1) is 0 Å². The van der Waals surface area contributed by atoms with E-state index in [2.05, 4.69) is 144 Å². The number of hydrogen-bond acceptors (Lipinski definition) is 5. The molecule has 238 valence electrons. The molecule has 0 unspecified atom stereocenters. The molecule has 0 fully saturated rings. The van der Waals surface area contributed by atoms with Crippen LogP contribution in [-0.2, 0) is 0 Å². The molecule has 7 aromatic carbocycles. The fourth-order valence-electron chi connectivity index (χ4n) is 7.59. The zero-order chi connectivity index (χ0) is 33.5. The first-order chi connectivity index (χ1) is 25.3. The number of para-hydroxylation sites is 1. The second kappa shape index (κ2) is 11.2. The third kappa shape index (κ3) is 4.40. The molecule has 4 heterocycles. The second-order valence-corrected chi connectivity index (χ2v) is 14.9. The molecule has 51 heavy (non-hydrogen) atoms. The van der Waals surface area contributed by atoms with Gasteiger partial charge in [0.1, 0.15) is 0 Å². The van der Waals surface area contributed by atoms with Gasteiger partial charge in [-0.2, -0.15) is 0 Å². The maximum Gasteiger partial charge on any atom is 0.165 e. The van der Waals surface area contributed by atoms with Crippen molar-refractivity contribution in [3.8, 4) is 39.9 Å². The van der Waals surface area contributed by atoms with Gasteiger partial charge in [0.15, 0.2) is 17.5 Å². The first-order valence-corrected chi connectivity index (χ1v) is 18.6. The summed E-state index contributed by atoms with van der Waals surface area (Å²) in [4.78, 5) is 15.6. The number of hydrogen-bond donors (Lipinski definition) is 0. The van der Waals surface area contributed by atoms with Gasteiger partial charge in [-0.3, -0.25) is 0 Å². The standard InChI is InChI=1S/C45H26N4S2/c1-2-12-27(13-3-1)43-46-44(48-45(47-43)34-19-10-17-31-29-14-5-9-23-39(29)51-42(31)34)33-18-11-21-37-41(33)32-16-4-7-20-36(32)49(37)28-24-25-40-35(26-28)30-15-6-8-22-38(30)50-40/h1-26H. The first kappa shape index (κ1) is 28.6. The highest BCUT2D eigenvalue weighted by atomic mass is 32.1. The molecule has 4 nitrogen and oxygen atoms in total. The lowest BCUT2D eigenvalue weighted by Crippen LogP contribution is -2.00. The third-order valence-corrected chi connectivity index (χ3v) is 12.2. The lowest BCUT2D eigenvalue weighted by Gasteiger charge is -2.11. The van der Waals surface area contributed by atoms with Crippen molar-refractivity contribution in [2.45, 2.75) is 0 Å². The van der Waals surface area contributed by atoms with Gasteiger partial charge in [-0.05, 0) is 48.5 Å². The van der Waals surface area contributed by atoms with Gasteiger partial charge in [0.2, 0.25) is 0 Å². The van der Waals surface area contributed by atoms with Crippen LogP contribution in [0.5, 0.6) is 0 Å². The topological polar surface area (TPSA) is 43.6 Å². The van der Waals surface area contributed by atoms with Crippen LogP contribution in [0.4, 0.5) is 0 Å². The van der Waals surface area contributed by atoms with Crippen molar-refractivity contribution < 1.29 is 0 Å². The van der Waals surface area contributed by atoms with E-state index in [1.807, 2.05) is 29.5 Å². The number of fused-ring (bicyclic) bond motifs is 9. The molecular formula is C45H26N4S2. The van der Waals surface area contributed by atoms with E-state index in [0.717, 1.165) is 44.2 Å². The van der Waals surface area contributed by atoms with Crippen molar-refractivity contribution in [2.24, 2.45) is 0 Å². The van der Waals surface area contributed by atoms with Crippen molar-refractivity contribution in [1.82, 2.24) is 19.5 Å². The summed E-state index contributed by atoms with van der Waals surface area (Å²) in [6, 6.07) is 56.0. The molecule has 0 N–H and O–H groups in total. The van der Waals surface area contributed by atoms with E-state index >= 15 is 0 Å². The molecule has 0 saturated carbocycles. The molecule has 0 aliphatic heterocycles. The predicted octanol–water partition coefficient (Wildman–Crippen LogP) is 12.7. The third-order valence-electron chi connectivity index (χ3n) is 9.87. The Labute approximate surface area is 300 Å². The summed E-state index contributed by atoms with van der Waals surface area (Å²) in [5.74, 6) is 1.99. The second-order valence-electron chi connectivity index (χ2n) is 12.8. The molecule has 0 atom stereocenters. The Kier molecular flexibility index (Phi) is 6.26. The Morgan fingerprint density at radius 2 is 0.980 bits per heavy atom. The highest BCUT2D eigenvalue weighted by Crippen LogP contribution is 2.42. The van der Waals surface area contributed by atoms with Crippen LogP contribution < -0.4 is 0 Å². The first-order valence-electron chi connectivity index (χ1n) is 16.9. The lowest BCUT2D eigenvalue weighted by molar-refractivity contribution is 1.08. The van der Waals surface area contributed by atoms with Crippen molar-refractivity contribution in [2.75, 3.05) is 0 Å². The van der Waals surface area contributed by atoms with Crippen molar-refractivity contribution in [3.63, 3.8) is 0 Å². The number of benzene rings is 7. The molecule has 0 spiro atoms. The highest BCUT2D eigenvalue weighted by molar-refractivity contribution is 7.26. The summed E-state index contributed by atoms with van der Waals surface area (Å²) in [6.45, 7) is 0. The van der Waals surface area contributed by atoms with Crippen molar-refractivity contribution in [1.29, 1.82) is 0 Å². The molecule has 0 aliphatic rings. The maximum absolute atomic E-state index is 5.30. The van der Waals surface area contributed by atoms with Gasteiger partial charge in [-0.1, -0.05) is 109 Å². The minimum absolute atomic E-state index is 0.657. The summed E-state index contributed by atoms with van der Waals surface area (Å²) < 4.78 is 7.42. The maximum atomic E-state index is 5.30. The number of thiophene rings is 2. The van der Waals surface area contributed by atoms with Crippen LogP contribution in [0.1, 0.15) is 0 Å². The molecule has 6 heteroatoms. The van der Waals surface area contributed by atoms with Gasteiger partial charge in [0, 0.05) is 73.5 Å². The normalized spacial score (nSPS) is 11.9. The Balaban J connectivity index is 1.18. The van der Waals surface area contributed by atoms with Crippen LogP contribution in [0.15, 0.2) is 158 Å². The fourth-order valence-corrected chi connectivity index (χ4v) is 9.89. The van der Waals surface area contributed by atoms with E-state index in [4.69, 9.17) is 15.0 Å². The van der Waals surface area contributed by atoms with Gasteiger partial charge < -0.3 is 4.57 Å². The average Bonchev–Trinajstić information content (AvgIpc) is 3.87. The molecule has 0 bridgehead atoms.